The van der Waals surface area contributed by atoms with Crippen LogP contribution in [0.5, 0.6) is 0 Å². The molecule has 19 heavy (non-hydrogen) atoms. The highest BCUT2D eigenvalue weighted by Crippen LogP contribution is 2.44. The first-order chi connectivity index (χ1) is 9.10. The van der Waals surface area contributed by atoms with Gasteiger partial charge in [0.05, 0.1) is 5.69 Å². The van der Waals surface area contributed by atoms with Gasteiger partial charge in [0.25, 0.3) is 0 Å². The van der Waals surface area contributed by atoms with Crippen LogP contribution in [0.2, 0.25) is 0 Å². The van der Waals surface area contributed by atoms with Crippen LogP contribution in [-0.2, 0) is 11.3 Å². The number of nitrogens with one attached hydrogen (secondary N) is 1. The number of amides is 1. The van der Waals surface area contributed by atoms with Crippen molar-refractivity contribution in [1.82, 2.24) is 10.3 Å². The fourth-order valence-corrected chi connectivity index (χ4v) is 2.95. The van der Waals surface area contributed by atoms with Gasteiger partial charge in [0.1, 0.15) is 0 Å². The first kappa shape index (κ1) is 14.4. The summed E-state index contributed by atoms with van der Waals surface area (Å²) in [5, 5.41) is 15.3. The summed E-state index contributed by atoms with van der Waals surface area (Å²) in [7, 11) is 0. The van der Waals surface area contributed by atoms with E-state index in [9.17, 15) is 9.90 Å². The lowest BCUT2D eigenvalue weighted by Gasteiger charge is -2.14. The maximum absolute atomic E-state index is 11.4. The van der Waals surface area contributed by atoms with Crippen LogP contribution >= 0.6 is 11.3 Å². The monoisotopic (exact) mass is 283 g/mol. The number of carbonyl (C=O) groups is 1. The number of carbonyl (C=O) groups excluding carboxylic acids is 1. The van der Waals surface area contributed by atoms with E-state index in [1.54, 1.807) is 11.8 Å². The fraction of sp³-hybridized carbons (Fsp3) is 0.692. The molecular formula is C13H21N3O2S. The largest absolute Gasteiger partial charge is 0.396 e. The normalized spacial score (nSPS) is 16.4. The van der Waals surface area contributed by atoms with Gasteiger partial charge in [0, 0.05) is 44.0 Å². The molecule has 5 nitrogen and oxygen atoms in total. The van der Waals surface area contributed by atoms with Crippen LogP contribution in [0.15, 0.2) is 5.38 Å². The minimum Gasteiger partial charge on any atom is -0.396 e. The molecule has 0 aliphatic heterocycles. The average Bonchev–Trinajstić information content (AvgIpc) is 3.02. The summed E-state index contributed by atoms with van der Waals surface area (Å²) < 4.78 is 0. The van der Waals surface area contributed by atoms with E-state index < -0.39 is 0 Å². The highest BCUT2D eigenvalue weighted by Gasteiger charge is 2.41. The number of aliphatic hydroxyl groups excluding tert-OH is 1. The maximum atomic E-state index is 11.4. The van der Waals surface area contributed by atoms with Gasteiger partial charge in [0.15, 0.2) is 5.13 Å². The molecule has 1 amide bonds. The second kappa shape index (κ2) is 5.98. The zero-order chi connectivity index (χ0) is 13.9. The van der Waals surface area contributed by atoms with Crippen molar-refractivity contribution in [2.24, 2.45) is 5.41 Å². The zero-order valence-electron chi connectivity index (χ0n) is 11.5. The van der Waals surface area contributed by atoms with Gasteiger partial charge in [-0.2, -0.15) is 0 Å². The Balaban J connectivity index is 1.85. The summed E-state index contributed by atoms with van der Waals surface area (Å²) in [4.78, 5) is 17.6. The molecule has 2 N–H and O–H groups in total. The van der Waals surface area contributed by atoms with E-state index in [1.807, 2.05) is 12.3 Å². The lowest BCUT2D eigenvalue weighted by molar-refractivity contribution is -0.116. The standard InChI is InChI=1S/C13H21N3O2S/c1-3-16(10(2)18)12-15-11(7-19-12)6-14-8-13(9-17)4-5-13/h7,14,17H,3-6,8-9H2,1-2H3. The SMILES string of the molecule is CCN(C(C)=O)c1nc(CNCC2(CO)CC2)cs1. The molecule has 106 valence electrons. The Labute approximate surface area is 117 Å². The number of hydrogen-bond acceptors (Lipinski definition) is 5. The molecule has 1 aliphatic rings. The second-order valence-corrected chi connectivity index (χ2v) is 5.98. The van der Waals surface area contributed by atoms with Crippen molar-refractivity contribution in [3.05, 3.63) is 11.1 Å². The summed E-state index contributed by atoms with van der Waals surface area (Å²) >= 11 is 1.49. The van der Waals surface area contributed by atoms with Crippen LogP contribution in [0.3, 0.4) is 0 Å². The van der Waals surface area contributed by atoms with E-state index in [0.717, 1.165) is 30.2 Å². The average molecular weight is 283 g/mol. The topological polar surface area (TPSA) is 65.5 Å². The molecule has 0 aromatic carbocycles. The van der Waals surface area contributed by atoms with Crippen molar-refractivity contribution in [1.29, 1.82) is 0 Å². The summed E-state index contributed by atoms with van der Waals surface area (Å²) in [6.07, 6.45) is 2.21. The molecule has 1 saturated carbocycles. The van der Waals surface area contributed by atoms with Gasteiger partial charge in [-0.05, 0) is 19.8 Å². The van der Waals surface area contributed by atoms with Crippen molar-refractivity contribution < 1.29 is 9.90 Å². The molecule has 0 spiro atoms. The zero-order valence-corrected chi connectivity index (χ0v) is 12.3. The summed E-state index contributed by atoms with van der Waals surface area (Å²) in [6.45, 7) is 5.92. The van der Waals surface area contributed by atoms with Gasteiger partial charge in [-0.15, -0.1) is 11.3 Å². The van der Waals surface area contributed by atoms with Crippen LogP contribution in [0, 0.1) is 5.41 Å². The molecule has 1 aromatic rings. The number of thiazole rings is 1. The van der Waals surface area contributed by atoms with Crippen LogP contribution in [0.25, 0.3) is 0 Å². The highest BCUT2D eigenvalue weighted by atomic mass is 32.1. The molecule has 1 fully saturated rings. The minimum atomic E-state index is 0.0218. The third-order valence-corrected chi connectivity index (χ3v) is 4.48. The first-order valence-corrected chi connectivity index (χ1v) is 7.52. The molecule has 2 rings (SSSR count). The molecule has 0 saturated heterocycles. The molecule has 0 unspecified atom stereocenters. The van der Waals surface area contributed by atoms with Crippen LogP contribution in [-0.4, -0.2) is 35.7 Å². The van der Waals surface area contributed by atoms with Crippen molar-refractivity contribution >= 4 is 22.4 Å². The Kier molecular flexibility index (Phi) is 4.54. The van der Waals surface area contributed by atoms with E-state index in [-0.39, 0.29) is 17.9 Å². The number of aliphatic hydroxyl groups is 1. The molecular weight excluding hydrogens is 262 g/mol. The highest BCUT2D eigenvalue weighted by molar-refractivity contribution is 7.14. The number of rotatable bonds is 7. The van der Waals surface area contributed by atoms with Gasteiger partial charge in [-0.3, -0.25) is 9.69 Å². The molecule has 1 aromatic heterocycles. The summed E-state index contributed by atoms with van der Waals surface area (Å²) in [6, 6.07) is 0. The summed E-state index contributed by atoms with van der Waals surface area (Å²) in [5.74, 6) is 0.0218. The number of nitrogens with zero attached hydrogens (tertiary/aromatic N) is 2. The molecule has 6 heteroatoms. The third-order valence-electron chi connectivity index (χ3n) is 3.57. The van der Waals surface area contributed by atoms with E-state index in [1.165, 1.54) is 11.3 Å². The maximum Gasteiger partial charge on any atom is 0.225 e. The molecule has 0 bridgehead atoms. The lowest BCUT2D eigenvalue weighted by atomic mass is 10.1. The van der Waals surface area contributed by atoms with E-state index in [4.69, 9.17) is 0 Å². The van der Waals surface area contributed by atoms with Crippen molar-refractivity contribution in [3.8, 4) is 0 Å². The van der Waals surface area contributed by atoms with E-state index in [0.29, 0.717) is 13.1 Å². The third kappa shape index (κ3) is 3.52. The Bertz CT molecular complexity index is 443. The van der Waals surface area contributed by atoms with Gasteiger partial charge >= 0.3 is 0 Å². The van der Waals surface area contributed by atoms with E-state index in [2.05, 4.69) is 10.3 Å². The van der Waals surface area contributed by atoms with Crippen molar-refractivity contribution in [2.45, 2.75) is 33.2 Å². The summed E-state index contributed by atoms with van der Waals surface area (Å²) in [5.41, 5.74) is 1.07. The number of anilines is 1. The van der Waals surface area contributed by atoms with Gasteiger partial charge in [-0.1, -0.05) is 0 Å². The molecule has 1 aliphatic carbocycles. The Morgan fingerprint density at radius 1 is 1.63 bits per heavy atom. The Hall–Kier alpha value is -0.980. The lowest BCUT2D eigenvalue weighted by Crippen LogP contribution is -2.28. The van der Waals surface area contributed by atoms with Crippen LogP contribution in [0.4, 0.5) is 5.13 Å². The fourth-order valence-electron chi connectivity index (χ4n) is 2.02. The number of aromatic nitrogens is 1. The number of hydrogen-bond donors (Lipinski definition) is 2. The smallest absolute Gasteiger partial charge is 0.225 e. The van der Waals surface area contributed by atoms with E-state index >= 15 is 0 Å². The molecule has 0 atom stereocenters. The van der Waals surface area contributed by atoms with Crippen molar-refractivity contribution in [3.63, 3.8) is 0 Å². The van der Waals surface area contributed by atoms with Crippen LogP contribution < -0.4 is 10.2 Å². The van der Waals surface area contributed by atoms with Gasteiger partial charge in [0.2, 0.25) is 5.91 Å². The predicted octanol–water partition coefficient (Wildman–Crippen LogP) is 1.38. The second-order valence-electron chi connectivity index (χ2n) is 5.15. The molecule has 1 heterocycles. The van der Waals surface area contributed by atoms with Gasteiger partial charge < -0.3 is 10.4 Å². The van der Waals surface area contributed by atoms with Crippen LogP contribution in [0.1, 0.15) is 32.4 Å². The Morgan fingerprint density at radius 2 is 2.37 bits per heavy atom. The molecule has 0 radical (unpaired) electrons. The minimum absolute atomic E-state index is 0.0218. The first-order valence-electron chi connectivity index (χ1n) is 6.64. The predicted molar refractivity (Wildman–Crippen MR) is 76.3 cm³/mol. The quantitative estimate of drug-likeness (QED) is 0.793. The van der Waals surface area contributed by atoms with Gasteiger partial charge in [-0.25, -0.2) is 4.98 Å². The van der Waals surface area contributed by atoms with Crippen molar-refractivity contribution in [2.75, 3.05) is 24.6 Å². The Morgan fingerprint density at radius 3 is 2.89 bits per heavy atom.